The van der Waals surface area contributed by atoms with Gasteiger partial charge in [-0.2, -0.15) is 11.8 Å². The van der Waals surface area contributed by atoms with E-state index in [0.29, 0.717) is 0 Å². The third-order valence-corrected chi connectivity index (χ3v) is 3.73. The first-order chi connectivity index (χ1) is 6.51. The maximum Gasteiger partial charge on any atom is 0.0226 e. The molecule has 0 aliphatic carbocycles. The lowest BCUT2D eigenvalue weighted by atomic mass is 10.1. The summed E-state index contributed by atoms with van der Waals surface area (Å²) in [4.78, 5) is 2.54. The molecular weight excluding hydrogens is 228 g/mol. The third kappa shape index (κ3) is 6.67. The lowest BCUT2D eigenvalue weighted by Gasteiger charge is -2.30. The molecule has 0 bridgehead atoms. The Kier molecular flexibility index (Phi) is 7.26. The van der Waals surface area contributed by atoms with Crippen LogP contribution in [0.15, 0.2) is 0 Å². The zero-order valence-corrected chi connectivity index (χ0v) is 11.8. The van der Waals surface area contributed by atoms with Crippen LogP contribution in [0.3, 0.4) is 0 Å². The van der Waals surface area contributed by atoms with Crippen molar-refractivity contribution in [2.24, 2.45) is 5.73 Å². The highest BCUT2D eigenvalue weighted by Crippen LogP contribution is 2.20. The predicted molar refractivity (Wildman–Crippen MR) is 73.1 cm³/mol. The molecule has 1 unspecified atom stereocenters. The molecule has 0 amide bonds. The molecule has 0 spiro atoms. The molecule has 4 heteroatoms. The minimum atomic E-state index is -0.0483. The number of nitrogens with two attached hydrogens (primary N) is 1. The van der Waals surface area contributed by atoms with Gasteiger partial charge < -0.3 is 10.6 Å². The first-order valence-electron chi connectivity index (χ1n) is 5.55. The zero-order chi connectivity index (χ0) is 10.6. The summed E-state index contributed by atoms with van der Waals surface area (Å²) in [5.74, 6) is 0. The highest BCUT2D eigenvalue weighted by atomic mass is 35.5. The maximum atomic E-state index is 6.06. The van der Waals surface area contributed by atoms with Gasteiger partial charge in [0.25, 0.3) is 0 Å². The van der Waals surface area contributed by atoms with Gasteiger partial charge in [-0.05, 0) is 39.5 Å². The van der Waals surface area contributed by atoms with Gasteiger partial charge in [0.05, 0.1) is 0 Å². The van der Waals surface area contributed by atoms with E-state index in [4.69, 9.17) is 5.73 Å². The Morgan fingerprint density at radius 3 is 2.60 bits per heavy atom. The van der Waals surface area contributed by atoms with E-state index in [1.54, 1.807) is 0 Å². The quantitative estimate of drug-likeness (QED) is 0.836. The lowest BCUT2D eigenvalue weighted by molar-refractivity contribution is 0.235. The topological polar surface area (TPSA) is 29.3 Å². The van der Waals surface area contributed by atoms with Crippen LogP contribution in [0.5, 0.6) is 0 Å². The van der Waals surface area contributed by atoms with Crippen LogP contribution >= 0.6 is 24.2 Å². The van der Waals surface area contributed by atoms with E-state index < -0.39 is 0 Å². The van der Waals surface area contributed by atoms with Crippen molar-refractivity contribution in [3.63, 3.8) is 0 Å². The molecule has 0 saturated carbocycles. The van der Waals surface area contributed by atoms with Crippen molar-refractivity contribution in [1.29, 1.82) is 0 Å². The predicted octanol–water partition coefficient (Wildman–Crippen LogP) is 2.36. The summed E-state index contributed by atoms with van der Waals surface area (Å²) >= 11 is 2.01. The molecule has 15 heavy (non-hydrogen) atoms. The van der Waals surface area contributed by atoms with Gasteiger partial charge in [0.2, 0.25) is 0 Å². The Balaban J connectivity index is 0.00000196. The van der Waals surface area contributed by atoms with Crippen molar-refractivity contribution < 1.29 is 0 Å². The van der Waals surface area contributed by atoms with E-state index in [1.807, 2.05) is 11.8 Å². The number of thioether (sulfide) groups is 1. The summed E-state index contributed by atoms with van der Waals surface area (Å²) in [6, 6.07) is 0. The van der Waals surface area contributed by atoms with Crippen LogP contribution in [0.2, 0.25) is 0 Å². The molecule has 1 atom stereocenters. The fraction of sp³-hybridized carbons (Fsp3) is 1.00. The van der Waals surface area contributed by atoms with Crippen molar-refractivity contribution in [2.45, 2.75) is 43.9 Å². The van der Waals surface area contributed by atoms with E-state index >= 15 is 0 Å². The minimum absolute atomic E-state index is 0. The molecular formula is C11H25ClN2S. The standard InChI is InChI=1S/C11H24N2S.ClH/c1-11(2,12)9-13-7-5-4-6-10(8-13)14-3;/h10H,4-9,12H2,1-3H3;1H. The van der Waals surface area contributed by atoms with E-state index in [2.05, 4.69) is 25.0 Å². The fourth-order valence-electron chi connectivity index (χ4n) is 2.09. The van der Waals surface area contributed by atoms with Gasteiger partial charge in [-0.25, -0.2) is 0 Å². The smallest absolute Gasteiger partial charge is 0.0226 e. The van der Waals surface area contributed by atoms with Gasteiger partial charge in [0, 0.05) is 23.9 Å². The molecule has 1 aliphatic heterocycles. The highest BCUT2D eigenvalue weighted by Gasteiger charge is 2.21. The van der Waals surface area contributed by atoms with Crippen LogP contribution < -0.4 is 5.73 Å². The van der Waals surface area contributed by atoms with Crippen LogP contribution in [0.4, 0.5) is 0 Å². The van der Waals surface area contributed by atoms with Gasteiger partial charge in [-0.15, -0.1) is 12.4 Å². The maximum absolute atomic E-state index is 6.06. The third-order valence-electron chi connectivity index (χ3n) is 2.68. The van der Waals surface area contributed by atoms with E-state index in [-0.39, 0.29) is 17.9 Å². The molecule has 2 N–H and O–H groups in total. The molecule has 0 aromatic heterocycles. The van der Waals surface area contributed by atoms with Crippen molar-refractivity contribution in [3.05, 3.63) is 0 Å². The number of rotatable bonds is 3. The molecule has 2 nitrogen and oxygen atoms in total. The first kappa shape index (κ1) is 15.6. The average Bonchev–Trinajstić information content (AvgIpc) is 2.26. The van der Waals surface area contributed by atoms with Crippen molar-refractivity contribution in [2.75, 3.05) is 25.9 Å². The fourth-order valence-corrected chi connectivity index (χ4v) is 2.85. The molecule has 0 radical (unpaired) electrons. The molecule has 92 valence electrons. The second kappa shape index (κ2) is 7.00. The summed E-state index contributed by atoms with van der Waals surface area (Å²) in [6.07, 6.45) is 6.32. The summed E-state index contributed by atoms with van der Waals surface area (Å²) in [7, 11) is 0. The number of halogens is 1. The monoisotopic (exact) mass is 252 g/mol. The van der Waals surface area contributed by atoms with E-state index in [9.17, 15) is 0 Å². The van der Waals surface area contributed by atoms with Gasteiger partial charge in [0.15, 0.2) is 0 Å². The summed E-state index contributed by atoms with van der Waals surface area (Å²) in [5, 5.41) is 0.819. The van der Waals surface area contributed by atoms with E-state index in [0.717, 1.165) is 11.8 Å². The van der Waals surface area contributed by atoms with Crippen LogP contribution in [-0.4, -0.2) is 41.6 Å². The highest BCUT2D eigenvalue weighted by molar-refractivity contribution is 7.99. The average molecular weight is 253 g/mol. The zero-order valence-electron chi connectivity index (χ0n) is 10.2. The number of likely N-dealkylation sites (tertiary alicyclic amines) is 1. The second-order valence-electron chi connectivity index (χ2n) is 5.08. The summed E-state index contributed by atoms with van der Waals surface area (Å²) in [6.45, 7) is 7.72. The summed E-state index contributed by atoms with van der Waals surface area (Å²) < 4.78 is 0. The van der Waals surface area contributed by atoms with Gasteiger partial charge in [-0.3, -0.25) is 0 Å². The Hall–Kier alpha value is 0.560. The Morgan fingerprint density at radius 2 is 2.07 bits per heavy atom. The van der Waals surface area contributed by atoms with Gasteiger partial charge >= 0.3 is 0 Å². The minimum Gasteiger partial charge on any atom is -0.324 e. The molecule has 1 heterocycles. The van der Waals surface area contributed by atoms with Crippen LogP contribution in [0.1, 0.15) is 33.1 Å². The SMILES string of the molecule is CSC1CCCCN(CC(C)(C)N)C1.Cl. The Morgan fingerprint density at radius 1 is 1.40 bits per heavy atom. The first-order valence-corrected chi connectivity index (χ1v) is 6.84. The largest absolute Gasteiger partial charge is 0.324 e. The molecule has 1 rings (SSSR count). The number of hydrogen-bond donors (Lipinski definition) is 1. The van der Waals surface area contributed by atoms with Crippen LogP contribution in [-0.2, 0) is 0 Å². The van der Waals surface area contributed by atoms with Crippen LogP contribution in [0.25, 0.3) is 0 Å². The molecule has 1 aliphatic rings. The van der Waals surface area contributed by atoms with Gasteiger partial charge in [0.1, 0.15) is 0 Å². The van der Waals surface area contributed by atoms with Crippen molar-refractivity contribution in [3.8, 4) is 0 Å². The number of hydrogen-bond acceptors (Lipinski definition) is 3. The lowest BCUT2D eigenvalue weighted by Crippen LogP contribution is -2.46. The number of nitrogens with zero attached hydrogens (tertiary/aromatic N) is 1. The van der Waals surface area contributed by atoms with Gasteiger partial charge in [-0.1, -0.05) is 6.42 Å². The van der Waals surface area contributed by atoms with Crippen LogP contribution in [0, 0.1) is 0 Å². The molecule has 0 aromatic rings. The van der Waals surface area contributed by atoms with E-state index in [1.165, 1.54) is 32.4 Å². The molecule has 1 fully saturated rings. The molecule has 0 aromatic carbocycles. The molecule has 1 saturated heterocycles. The Labute approximate surface area is 105 Å². The van der Waals surface area contributed by atoms with Crippen molar-refractivity contribution in [1.82, 2.24) is 4.90 Å². The Bertz CT molecular complexity index is 170. The van der Waals surface area contributed by atoms with Crippen molar-refractivity contribution >= 4 is 24.2 Å². The second-order valence-corrected chi connectivity index (χ2v) is 6.22. The summed E-state index contributed by atoms with van der Waals surface area (Å²) in [5.41, 5.74) is 6.01. The normalized spacial score (nSPS) is 24.4.